The van der Waals surface area contributed by atoms with Crippen LogP contribution < -0.4 is 0 Å². The van der Waals surface area contributed by atoms with Crippen molar-refractivity contribution < 1.29 is 18.3 Å². The predicted molar refractivity (Wildman–Crippen MR) is 93.7 cm³/mol. The molecule has 25 heavy (non-hydrogen) atoms. The SMILES string of the molecule is C=CC(=O)OC1CCC(C2CC=C(c3cccc(F)c3F)CC2)CC1. The summed E-state index contributed by atoms with van der Waals surface area (Å²) in [7, 11) is 0. The third-order valence-corrected chi connectivity index (χ3v) is 5.58. The topological polar surface area (TPSA) is 26.3 Å². The number of allylic oxidation sites excluding steroid dienone is 2. The van der Waals surface area contributed by atoms with Crippen LogP contribution in [0.25, 0.3) is 5.57 Å². The highest BCUT2D eigenvalue weighted by Gasteiger charge is 2.30. The molecule has 0 N–H and O–H groups in total. The lowest BCUT2D eigenvalue weighted by Crippen LogP contribution is -2.28. The van der Waals surface area contributed by atoms with Gasteiger partial charge < -0.3 is 4.74 Å². The zero-order valence-corrected chi connectivity index (χ0v) is 14.3. The van der Waals surface area contributed by atoms with Gasteiger partial charge in [-0.1, -0.05) is 24.8 Å². The molecule has 2 aliphatic rings. The Morgan fingerprint density at radius 1 is 1.12 bits per heavy atom. The Morgan fingerprint density at radius 3 is 2.52 bits per heavy atom. The van der Waals surface area contributed by atoms with Gasteiger partial charge in [0, 0.05) is 11.6 Å². The molecule has 0 aliphatic heterocycles. The molecule has 134 valence electrons. The molecule has 1 fully saturated rings. The lowest BCUT2D eigenvalue weighted by Gasteiger charge is -2.35. The molecule has 0 radical (unpaired) electrons. The van der Waals surface area contributed by atoms with Crippen LogP contribution in [-0.4, -0.2) is 12.1 Å². The van der Waals surface area contributed by atoms with Crippen LogP contribution in [0.4, 0.5) is 8.78 Å². The molecule has 1 unspecified atom stereocenters. The third-order valence-electron chi connectivity index (χ3n) is 5.58. The summed E-state index contributed by atoms with van der Waals surface area (Å²) in [5.41, 5.74) is 1.32. The molecule has 0 heterocycles. The van der Waals surface area contributed by atoms with Crippen molar-refractivity contribution in [1.29, 1.82) is 0 Å². The predicted octanol–water partition coefficient (Wildman–Crippen LogP) is 5.44. The second-order valence-corrected chi connectivity index (χ2v) is 7.04. The molecular formula is C21H24F2O2. The molecule has 1 saturated carbocycles. The normalized spacial score (nSPS) is 26.6. The van der Waals surface area contributed by atoms with Crippen molar-refractivity contribution >= 4 is 11.5 Å². The van der Waals surface area contributed by atoms with Crippen LogP contribution >= 0.6 is 0 Å². The quantitative estimate of drug-likeness (QED) is 0.536. The van der Waals surface area contributed by atoms with E-state index in [4.69, 9.17) is 4.74 Å². The fourth-order valence-corrected chi connectivity index (χ4v) is 4.17. The van der Waals surface area contributed by atoms with E-state index in [1.807, 2.05) is 0 Å². The van der Waals surface area contributed by atoms with E-state index in [-0.39, 0.29) is 12.1 Å². The van der Waals surface area contributed by atoms with E-state index in [0.29, 0.717) is 17.4 Å². The molecule has 0 amide bonds. The van der Waals surface area contributed by atoms with Crippen molar-refractivity contribution in [3.8, 4) is 0 Å². The van der Waals surface area contributed by atoms with Gasteiger partial charge in [0.15, 0.2) is 11.6 Å². The Hall–Kier alpha value is -1.97. The molecule has 2 nitrogen and oxygen atoms in total. The highest BCUT2D eigenvalue weighted by Crippen LogP contribution is 2.40. The van der Waals surface area contributed by atoms with Gasteiger partial charge in [-0.05, 0) is 68.4 Å². The van der Waals surface area contributed by atoms with E-state index in [1.54, 1.807) is 12.1 Å². The first-order valence-electron chi connectivity index (χ1n) is 9.05. The molecule has 0 bridgehead atoms. The van der Waals surface area contributed by atoms with Crippen LogP contribution in [0, 0.1) is 23.5 Å². The van der Waals surface area contributed by atoms with E-state index in [2.05, 4.69) is 12.7 Å². The second kappa shape index (κ2) is 7.94. The number of carbonyl (C=O) groups is 1. The van der Waals surface area contributed by atoms with Crippen LogP contribution in [0.3, 0.4) is 0 Å². The standard InChI is InChI=1S/C21H24F2O2/c1-2-20(24)25-17-12-10-15(11-13-17)14-6-8-16(9-7-14)18-4-3-5-19(22)21(18)23/h2-5,8,14-15,17H,1,6-7,9-13H2. The van der Waals surface area contributed by atoms with Crippen molar-refractivity contribution in [3.63, 3.8) is 0 Å². The van der Waals surface area contributed by atoms with Gasteiger partial charge in [0.05, 0.1) is 0 Å². The number of rotatable bonds is 4. The number of hydrogen-bond acceptors (Lipinski definition) is 2. The first kappa shape index (κ1) is 17.8. The number of esters is 1. The lowest BCUT2D eigenvalue weighted by molar-refractivity contribution is -0.145. The van der Waals surface area contributed by atoms with E-state index >= 15 is 0 Å². The highest BCUT2D eigenvalue weighted by atomic mass is 19.2. The summed E-state index contributed by atoms with van der Waals surface area (Å²) in [5.74, 6) is -0.666. The molecule has 3 rings (SSSR count). The van der Waals surface area contributed by atoms with Crippen LogP contribution in [0.2, 0.25) is 0 Å². The van der Waals surface area contributed by atoms with Crippen molar-refractivity contribution in [3.05, 3.63) is 54.1 Å². The third kappa shape index (κ3) is 4.17. The number of benzene rings is 1. The molecule has 0 saturated heterocycles. The molecule has 1 aromatic rings. The Morgan fingerprint density at radius 2 is 1.88 bits per heavy atom. The number of carbonyl (C=O) groups excluding carboxylic acids is 1. The minimum Gasteiger partial charge on any atom is -0.459 e. The summed E-state index contributed by atoms with van der Waals surface area (Å²) in [6, 6.07) is 4.37. The van der Waals surface area contributed by atoms with Gasteiger partial charge in [0.1, 0.15) is 6.10 Å². The van der Waals surface area contributed by atoms with Crippen molar-refractivity contribution in [1.82, 2.24) is 0 Å². The molecular weight excluding hydrogens is 322 g/mol. The number of hydrogen-bond donors (Lipinski definition) is 0. The van der Waals surface area contributed by atoms with E-state index in [1.165, 1.54) is 6.08 Å². The number of ether oxygens (including phenoxy) is 1. The van der Waals surface area contributed by atoms with Crippen LogP contribution in [0.15, 0.2) is 36.9 Å². The largest absolute Gasteiger partial charge is 0.459 e. The summed E-state index contributed by atoms with van der Waals surface area (Å²) in [6.07, 6.45) is 9.91. The van der Waals surface area contributed by atoms with Gasteiger partial charge in [0.25, 0.3) is 0 Å². The van der Waals surface area contributed by atoms with Crippen molar-refractivity contribution in [2.24, 2.45) is 11.8 Å². The summed E-state index contributed by atoms with van der Waals surface area (Å²) >= 11 is 0. The van der Waals surface area contributed by atoms with Gasteiger partial charge in [-0.2, -0.15) is 0 Å². The highest BCUT2D eigenvalue weighted by molar-refractivity contribution is 5.81. The van der Waals surface area contributed by atoms with Crippen LogP contribution in [0.1, 0.15) is 50.5 Å². The zero-order valence-electron chi connectivity index (χ0n) is 14.3. The van der Waals surface area contributed by atoms with Gasteiger partial charge in [-0.25, -0.2) is 13.6 Å². The molecule has 1 atom stereocenters. The summed E-state index contributed by atoms with van der Waals surface area (Å²) < 4.78 is 32.7. The zero-order chi connectivity index (χ0) is 17.8. The molecule has 4 heteroatoms. The van der Waals surface area contributed by atoms with Crippen molar-refractivity contribution in [2.75, 3.05) is 0 Å². The molecule has 2 aliphatic carbocycles. The first-order chi connectivity index (χ1) is 12.1. The fraction of sp³-hybridized carbons (Fsp3) is 0.476. The summed E-state index contributed by atoms with van der Waals surface area (Å²) in [6.45, 7) is 3.43. The Balaban J connectivity index is 1.56. The fourth-order valence-electron chi connectivity index (χ4n) is 4.17. The maximum Gasteiger partial charge on any atom is 0.330 e. The van der Waals surface area contributed by atoms with Gasteiger partial charge >= 0.3 is 5.97 Å². The van der Waals surface area contributed by atoms with E-state index in [0.717, 1.165) is 56.6 Å². The monoisotopic (exact) mass is 346 g/mol. The van der Waals surface area contributed by atoms with Crippen LogP contribution in [-0.2, 0) is 9.53 Å². The van der Waals surface area contributed by atoms with Gasteiger partial charge in [-0.15, -0.1) is 0 Å². The molecule has 1 aromatic carbocycles. The number of halogens is 2. The van der Waals surface area contributed by atoms with Crippen LogP contribution in [0.5, 0.6) is 0 Å². The average molecular weight is 346 g/mol. The van der Waals surface area contributed by atoms with E-state index in [9.17, 15) is 13.6 Å². The van der Waals surface area contributed by atoms with Crippen molar-refractivity contribution in [2.45, 2.75) is 51.0 Å². The minimum absolute atomic E-state index is 0.0119. The Labute approximate surface area is 147 Å². The van der Waals surface area contributed by atoms with Gasteiger partial charge in [-0.3, -0.25) is 0 Å². The summed E-state index contributed by atoms with van der Waals surface area (Å²) in [5, 5.41) is 0. The second-order valence-electron chi connectivity index (χ2n) is 7.04. The molecule has 0 aromatic heterocycles. The Bertz CT molecular complexity index is 672. The summed E-state index contributed by atoms with van der Waals surface area (Å²) in [4.78, 5) is 11.3. The lowest BCUT2D eigenvalue weighted by atomic mass is 9.73. The maximum absolute atomic E-state index is 14.0. The Kier molecular flexibility index (Phi) is 5.67. The maximum atomic E-state index is 14.0. The minimum atomic E-state index is -0.784. The smallest absolute Gasteiger partial charge is 0.330 e. The molecule has 0 spiro atoms. The van der Waals surface area contributed by atoms with Gasteiger partial charge in [0.2, 0.25) is 0 Å². The van der Waals surface area contributed by atoms with E-state index < -0.39 is 11.6 Å². The first-order valence-corrected chi connectivity index (χ1v) is 9.05. The average Bonchev–Trinajstić information content (AvgIpc) is 2.65.